The highest BCUT2D eigenvalue weighted by Gasteiger charge is 2.12. The lowest BCUT2D eigenvalue weighted by Crippen LogP contribution is -2.24. The first-order chi connectivity index (χ1) is 9.10. The Labute approximate surface area is 117 Å². The van der Waals surface area contributed by atoms with Gasteiger partial charge in [-0.1, -0.05) is 51.7 Å². The molecular weight excluding hydrogens is 258 g/mol. The van der Waals surface area contributed by atoms with Crippen molar-refractivity contribution >= 4 is 10.0 Å². The monoisotopic (exact) mass is 283 g/mol. The third-order valence-electron chi connectivity index (χ3n) is 3.21. The summed E-state index contributed by atoms with van der Waals surface area (Å²) in [5.74, 6) is 0. The summed E-state index contributed by atoms with van der Waals surface area (Å²) in [7, 11) is -3.33. The number of rotatable bonds is 9. The van der Waals surface area contributed by atoms with Gasteiger partial charge in [0.05, 0.1) is 4.90 Å². The fourth-order valence-corrected chi connectivity index (χ4v) is 3.00. The molecule has 1 aromatic rings. The molecule has 0 aliphatic rings. The zero-order valence-corrected chi connectivity index (χ0v) is 12.8. The number of benzene rings is 1. The Morgan fingerprint density at radius 2 is 1.58 bits per heavy atom. The van der Waals surface area contributed by atoms with Gasteiger partial charge in [0.1, 0.15) is 0 Å². The van der Waals surface area contributed by atoms with E-state index >= 15 is 0 Å². The van der Waals surface area contributed by atoms with Crippen molar-refractivity contribution in [2.24, 2.45) is 0 Å². The summed E-state index contributed by atoms with van der Waals surface area (Å²) in [4.78, 5) is 0.359. The summed E-state index contributed by atoms with van der Waals surface area (Å²) in [6, 6.07) is 7.10. The van der Waals surface area contributed by atoms with Gasteiger partial charge in [-0.2, -0.15) is 0 Å². The van der Waals surface area contributed by atoms with Crippen LogP contribution in [0.3, 0.4) is 0 Å². The van der Waals surface area contributed by atoms with Gasteiger partial charge in [0.2, 0.25) is 10.0 Å². The highest BCUT2D eigenvalue weighted by Crippen LogP contribution is 2.11. The van der Waals surface area contributed by atoms with Crippen molar-refractivity contribution in [1.29, 1.82) is 0 Å². The molecule has 0 bridgehead atoms. The third-order valence-corrected chi connectivity index (χ3v) is 4.69. The second kappa shape index (κ2) is 8.33. The molecule has 0 saturated heterocycles. The van der Waals surface area contributed by atoms with E-state index in [4.69, 9.17) is 0 Å². The van der Waals surface area contributed by atoms with Crippen molar-refractivity contribution in [3.63, 3.8) is 0 Å². The van der Waals surface area contributed by atoms with Crippen LogP contribution in [0.15, 0.2) is 29.2 Å². The SMILES string of the molecule is CCCCCCCNS(=O)(=O)c1ccc(CC)cc1. The van der Waals surface area contributed by atoms with Crippen LogP contribution in [0.2, 0.25) is 0 Å². The molecule has 4 heteroatoms. The Hall–Kier alpha value is -0.870. The van der Waals surface area contributed by atoms with Crippen LogP contribution in [-0.2, 0) is 16.4 Å². The van der Waals surface area contributed by atoms with Gasteiger partial charge in [0.25, 0.3) is 0 Å². The van der Waals surface area contributed by atoms with Crippen LogP contribution < -0.4 is 4.72 Å². The minimum Gasteiger partial charge on any atom is -0.211 e. The number of sulfonamides is 1. The minimum atomic E-state index is -3.33. The molecule has 3 nitrogen and oxygen atoms in total. The van der Waals surface area contributed by atoms with Crippen LogP contribution in [0.5, 0.6) is 0 Å². The Bertz CT molecular complexity index is 452. The molecule has 0 unspecified atom stereocenters. The van der Waals surface area contributed by atoms with Crippen molar-refractivity contribution in [1.82, 2.24) is 4.72 Å². The summed E-state index contributed by atoms with van der Waals surface area (Å²) in [5, 5.41) is 0. The highest BCUT2D eigenvalue weighted by molar-refractivity contribution is 7.89. The van der Waals surface area contributed by atoms with Crippen molar-refractivity contribution < 1.29 is 8.42 Å². The molecule has 0 amide bonds. The van der Waals surface area contributed by atoms with Gasteiger partial charge in [-0.15, -0.1) is 0 Å². The quantitative estimate of drug-likeness (QED) is 0.705. The molecule has 0 aliphatic carbocycles. The Balaban J connectivity index is 2.42. The lowest BCUT2D eigenvalue weighted by Gasteiger charge is -2.07. The predicted octanol–water partition coefficient (Wildman–Crippen LogP) is 3.50. The first-order valence-electron chi connectivity index (χ1n) is 7.18. The fraction of sp³-hybridized carbons (Fsp3) is 0.600. The summed E-state index contributed by atoms with van der Waals surface area (Å²) in [6.07, 6.45) is 6.53. The third kappa shape index (κ3) is 5.74. The lowest BCUT2D eigenvalue weighted by atomic mass is 10.2. The average molecular weight is 283 g/mol. The van der Waals surface area contributed by atoms with Crippen LogP contribution in [-0.4, -0.2) is 15.0 Å². The molecule has 0 fully saturated rings. The maximum absolute atomic E-state index is 12.0. The molecule has 108 valence electrons. The van der Waals surface area contributed by atoms with Crippen LogP contribution in [0.25, 0.3) is 0 Å². The van der Waals surface area contributed by atoms with Crippen LogP contribution in [0, 0.1) is 0 Å². The summed E-state index contributed by atoms with van der Waals surface area (Å²) < 4.78 is 26.7. The molecule has 1 N–H and O–H groups in total. The van der Waals surface area contributed by atoms with Gasteiger partial charge in [-0.25, -0.2) is 13.1 Å². The molecule has 1 rings (SSSR count). The highest BCUT2D eigenvalue weighted by atomic mass is 32.2. The molecule has 0 radical (unpaired) electrons. The van der Waals surface area contributed by atoms with Crippen molar-refractivity contribution in [3.05, 3.63) is 29.8 Å². The molecule has 0 atom stereocenters. The van der Waals surface area contributed by atoms with Crippen molar-refractivity contribution in [3.8, 4) is 0 Å². The number of aryl methyl sites for hydroxylation is 1. The van der Waals surface area contributed by atoms with E-state index in [9.17, 15) is 8.42 Å². The number of hydrogen-bond donors (Lipinski definition) is 1. The maximum atomic E-state index is 12.0. The van der Waals surface area contributed by atoms with E-state index in [0.29, 0.717) is 11.4 Å². The van der Waals surface area contributed by atoms with Gasteiger partial charge in [-0.05, 0) is 30.5 Å². The second-order valence-corrected chi connectivity index (χ2v) is 6.58. The molecule has 0 saturated carbocycles. The van der Waals surface area contributed by atoms with Gasteiger partial charge in [-0.3, -0.25) is 0 Å². The zero-order valence-electron chi connectivity index (χ0n) is 12.0. The number of unbranched alkanes of at least 4 members (excludes halogenated alkanes) is 4. The van der Waals surface area contributed by atoms with Crippen LogP contribution in [0.1, 0.15) is 51.5 Å². The van der Waals surface area contributed by atoms with E-state index in [1.165, 1.54) is 19.3 Å². The van der Waals surface area contributed by atoms with E-state index in [0.717, 1.165) is 24.8 Å². The average Bonchev–Trinajstić information content (AvgIpc) is 2.43. The number of hydrogen-bond acceptors (Lipinski definition) is 2. The first kappa shape index (κ1) is 16.2. The minimum absolute atomic E-state index is 0.359. The van der Waals surface area contributed by atoms with E-state index in [1.807, 2.05) is 12.1 Å². The molecule has 1 aromatic carbocycles. The number of nitrogens with one attached hydrogen (secondary N) is 1. The Morgan fingerprint density at radius 1 is 0.947 bits per heavy atom. The first-order valence-corrected chi connectivity index (χ1v) is 8.67. The molecule has 0 heterocycles. The lowest BCUT2D eigenvalue weighted by molar-refractivity contribution is 0.571. The normalized spacial score (nSPS) is 11.7. The second-order valence-electron chi connectivity index (χ2n) is 4.81. The smallest absolute Gasteiger partial charge is 0.211 e. The van der Waals surface area contributed by atoms with E-state index in [-0.39, 0.29) is 0 Å². The van der Waals surface area contributed by atoms with Crippen molar-refractivity contribution in [2.45, 2.75) is 57.3 Å². The van der Waals surface area contributed by atoms with Gasteiger partial charge < -0.3 is 0 Å². The standard InChI is InChI=1S/C15H25NO2S/c1-3-5-6-7-8-13-16-19(17,18)15-11-9-14(4-2)10-12-15/h9-12,16H,3-8,13H2,1-2H3. The fourth-order valence-electron chi connectivity index (χ4n) is 1.92. The van der Waals surface area contributed by atoms with Crippen LogP contribution >= 0.6 is 0 Å². The zero-order chi connectivity index (χ0) is 14.1. The van der Waals surface area contributed by atoms with E-state index in [2.05, 4.69) is 18.6 Å². The molecule has 0 spiro atoms. The van der Waals surface area contributed by atoms with Crippen LogP contribution in [0.4, 0.5) is 0 Å². The Kier molecular flexibility index (Phi) is 7.10. The largest absolute Gasteiger partial charge is 0.240 e. The van der Waals surface area contributed by atoms with Gasteiger partial charge >= 0.3 is 0 Å². The topological polar surface area (TPSA) is 46.2 Å². The summed E-state index contributed by atoms with van der Waals surface area (Å²) in [5.41, 5.74) is 1.15. The molecular formula is C15H25NO2S. The van der Waals surface area contributed by atoms with Crippen molar-refractivity contribution in [2.75, 3.05) is 6.54 Å². The summed E-state index contributed by atoms with van der Waals surface area (Å²) >= 11 is 0. The molecule has 19 heavy (non-hydrogen) atoms. The molecule has 0 aliphatic heterocycles. The van der Waals surface area contributed by atoms with E-state index < -0.39 is 10.0 Å². The van der Waals surface area contributed by atoms with E-state index in [1.54, 1.807) is 12.1 Å². The maximum Gasteiger partial charge on any atom is 0.240 e. The molecule has 0 aromatic heterocycles. The Morgan fingerprint density at radius 3 is 2.16 bits per heavy atom. The van der Waals surface area contributed by atoms with Gasteiger partial charge in [0.15, 0.2) is 0 Å². The van der Waals surface area contributed by atoms with Gasteiger partial charge in [0, 0.05) is 6.54 Å². The summed E-state index contributed by atoms with van der Waals surface area (Å²) in [6.45, 7) is 4.75. The predicted molar refractivity (Wildman–Crippen MR) is 79.8 cm³/mol.